The molecule has 1 atom stereocenters. The van der Waals surface area contributed by atoms with Gasteiger partial charge in [-0.05, 0) is 32.9 Å². The smallest absolute Gasteiger partial charge is 0.270 e. The fourth-order valence-electron chi connectivity index (χ4n) is 2.65. The average Bonchev–Trinajstić information content (AvgIpc) is 3.00. The van der Waals surface area contributed by atoms with E-state index in [0.717, 1.165) is 0 Å². The highest BCUT2D eigenvalue weighted by Gasteiger charge is 2.28. The maximum absolute atomic E-state index is 12.5. The van der Waals surface area contributed by atoms with Gasteiger partial charge in [-0.3, -0.25) is 4.79 Å². The predicted molar refractivity (Wildman–Crippen MR) is 85.9 cm³/mol. The van der Waals surface area contributed by atoms with Crippen LogP contribution in [-0.4, -0.2) is 25.6 Å². The summed E-state index contributed by atoms with van der Waals surface area (Å²) >= 11 is 6.11. The molecule has 0 aliphatic carbocycles. The van der Waals surface area contributed by atoms with Crippen molar-refractivity contribution in [1.82, 2.24) is 9.88 Å². The molecule has 1 aliphatic rings. The van der Waals surface area contributed by atoms with Gasteiger partial charge in [0.2, 0.25) is 0 Å². The monoisotopic (exact) mass is 370 g/mol. The number of nitrogens with one attached hydrogen (secondary N) is 1. The minimum absolute atomic E-state index is 0.0765. The van der Waals surface area contributed by atoms with E-state index >= 15 is 0 Å². The normalized spacial score (nSPS) is 16.6. The second-order valence-corrected chi connectivity index (χ2v) is 7.75. The highest BCUT2D eigenvalue weighted by Crippen LogP contribution is 2.38. The molecule has 2 heterocycles. The molecule has 0 unspecified atom stereocenters. The van der Waals surface area contributed by atoms with E-state index in [1.165, 1.54) is 19.1 Å². The minimum atomic E-state index is -4.09. The summed E-state index contributed by atoms with van der Waals surface area (Å²) in [5, 5.41) is 3.84. The van der Waals surface area contributed by atoms with Crippen LogP contribution in [0.4, 0.5) is 0 Å². The molecule has 128 valence electrons. The van der Waals surface area contributed by atoms with E-state index in [2.05, 4.69) is 5.16 Å². The number of amides is 1. The van der Waals surface area contributed by atoms with Gasteiger partial charge >= 0.3 is 0 Å². The molecule has 0 fully saturated rings. The van der Waals surface area contributed by atoms with Gasteiger partial charge in [0.1, 0.15) is 23.2 Å². The van der Waals surface area contributed by atoms with Crippen molar-refractivity contribution in [3.05, 3.63) is 39.7 Å². The Morgan fingerprint density at radius 1 is 1.38 bits per heavy atom. The Morgan fingerprint density at radius 2 is 2.08 bits per heavy atom. The Kier molecular flexibility index (Phi) is 4.05. The number of ether oxygens (including phenoxy) is 1. The zero-order chi connectivity index (χ0) is 17.6. The Bertz CT molecular complexity index is 916. The molecule has 24 heavy (non-hydrogen) atoms. The second-order valence-electron chi connectivity index (χ2n) is 5.66. The summed E-state index contributed by atoms with van der Waals surface area (Å²) in [6.07, 6.45) is 0.475. The van der Waals surface area contributed by atoms with Crippen LogP contribution in [0.15, 0.2) is 21.6 Å². The van der Waals surface area contributed by atoms with Gasteiger partial charge < -0.3 is 9.26 Å². The van der Waals surface area contributed by atoms with E-state index in [-0.39, 0.29) is 27.3 Å². The Labute approximate surface area is 144 Å². The van der Waals surface area contributed by atoms with Crippen molar-refractivity contribution in [2.75, 3.05) is 0 Å². The Hall–Kier alpha value is -2.06. The van der Waals surface area contributed by atoms with Crippen molar-refractivity contribution in [2.45, 2.75) is 38.2 Å². The van der Waals surface area contributed by atoms with Crippen molar-refractivity contribution in [1.29, 1.82) is 0 Å². The first-order valence-corrected chi connectivity index (χ1v) is 9.04. The number of carbonyl (C=O) groups is 1. The lowest BCUT2D eigenvalue weighted by atomic mass is 10.1. The zero-order valence-corrected chi connectivity index (χ0v) is 14.8. The maximum atomic E-state index is 12.5. The predicted octanol–water partition coefficient (Wildman–Crippen LogP) is 2.39. The third-order valence-electron chi connectivity index (χ3n) is 3.72. The molecule has 1 N–H and O–H groups in total. The lowest BCUT2D eigenvalue weighted by molar-refractivity contribution is 0.0979. The van der Waals surface area contributed by atoms with Gasteiger partial charge in [0.15, 0.2) is 0 Å². The van der Waals surface area contributed by atoms with Gasteiger partial charge in [-0.1, -0.05) is 16.8 Å². The van der Waals surface area contributed by atoms with Gasteiger partial charge in [-0.2, -0.15) is 0 Å². The van der Waals surface area contributed by atoms with Crippen LogP contribution in [0.2, 0.25) is 5.02 Å². The number of carbonyl (C=O) groups excluding carboxylic acids is 1. The van der Waals surface area contributed by atoms with E-state index in [1.54, 1.807) is 6.92 Å². The third kappa shape index (κ3) is 2.87. The zero-order valence-electron chi connectivity index (χ0n) is 13.2. The number of hydrogen-bond donors (Lipinski definition) is 1. The highest BCUT2D eigenvalue weighted by molar-refractivity contribution is 7.90. The summed E-state index contributed by atoms with van der Waals surface area (Å²) < 4.78 is 37.5. The molecule has 0 bridgehead atoms. The number of rotatable bonds is 3. The molecule has 0 saturated heterocycles. The molecule has 3 rings (SSSR count). The fourth-order valence-corrected chi connectivity index (χ4v) is 4.04. The molecule has 1 aromatic carbocycles. The van der Waals surface area contributed by atoms with Crippen LogP contribution < -0.4 is 9.46 Å². The number of fused-ring (bicyclic) bond motifs is 1. The standard InChI is InChI=1S/C15H15ClN2O5S/c1-7-4-10-5-11(6-12(16)14(10)22-7)24(20,21)18-15(19)13-8(2)17-23-9(13)3/h5-7H,4H2,1-3H3,(H,18,19)/t7-/m0/s1. The molecule has 2 aromatic rings. The van der Waals surface area contributed by atoms with Crippen LogP contribution in [0.3, 0.4) is 0 Å². The molecule has 9 heteroatoms. The summed E-state index contributed by atoms with van der Waals surface area (Å²) in [6.45, 7) is 4.96. The molecule has 0 radical (unpaired) electrons. The first kappa shape index (κ1) is 16.8. The van der Waals surface area contributed by atoms with Gasteiger partial charge in [0.05, 0.1) is 15.6 Å². The summed E-state index contributed by atoms with van der Waals surface area (Å²) in [7, 11) is -4.09. The van der Waals surface area contributed by atoms with Crippen LogP contribution in [-0.2, 0) is 16.4 Å². The number of benzene rings is 1. The van der Waals surface area contributed by atoms with E-state index in [1.807, 2.05) is 11.6 Å². The largest absolute Gasteiger partial charge is 0.489 e. The molecular weight excluding hydrogens is 356 g/mol. The molecule has 1 amide bonds. The van der Waals surface area contributed by atoms with Crippen molar-refractivity contribution in [3.8, 4) is 5.75 Å². The number of halogens is 1. The van der Waals surface area contributed by atoms with Crippen LogP contribution in [0.5, 0.6) is 5.75 Å². The number of sulfonamides is 1. The molecule has 1 aromatic heterocycles. The topological polar surface area (TPSA) is 98.5 Å². The number of aromatic nitrogens is 1. The third-order valence-corrected chi connectivity index (χ3v) is 5.31. The summed E-state index contributed by atoms with van der Waals surface area (Å²) in [4.78, 5) is 12.2. The first-order chi connectivity index (χ1) is 11.2. The lowest BCUT2D eigenvalue weighted by Crippen LogP contribution is -2.31. The van der Waals surface area contributed by atoms with Crippen molar-refractivity contribution >= 4 is 27.5 Å². The summed E-state index contributed by atoms with van der Waals surface area (Å²) in [5.74, 6) is -0.0675. The van der Waals surface area contributed by atoms with Crippen LogP contribution in [0, 0.1) is 13.8 Å². The van der Waals surface area contributed by atoms with Crippen molar-refractivity contribution in [2.24, 2.45) is 0 Å². The minimum Gasteiger partial charge on any atom is -0.489 e. The van der Waals surface area contributed by atoms with Crippen molar-refractivity contribution in [3.63, 3.8) is 0 Å². The molecule has 1 aliphatic heterocycles. The van der Waals surface area contributed by atoms with Gasteiger partial charge in [0, 0.05) is 12.0 Å². The van der Waals surface area contributed by atoms with E-state index in [4.69, 9.17) is 20.9 Å². The van der Waals surface area contributed by atoms with Crippen molar-refractivity contribution < 1.29 is 22.5 Å². The summed E-state index contributed by atoms with van der Waals surface area (Å²) in [5.41, 5.74) is 1.11. The van der Waals surface area contributed by atoms with Crippen LogP contribution >= 0.6 is 11.6 Å². The highest BCUT2D eigenvalue weighted by atomic mass is 35.5. The lowest BCUT2D eigenvalue weighted by Gasteiger charge is -2.09. The summed E-state index contributed by atoms with van der Waals surface area (Å²) in [6, 6.07) is 2.73. The number of hydrogen-bond acceptors (Lipinski definition) is 6. The maximum Gasteiger partial charge on any atom is 0.270 e. The van der Waals surface area contributed by atoms with E-state index in [9.17, 15) is 13.2 Å². The molecule has 0 spiro atoms. The fraction of sp³-hybridized carbons (Fsp3) is 0.333. The van der Waals surface area contributed by atoms with Gasteiger partial charge in [-0.25, -0.2) is 13.1 Å². The number of aryl methyl sites for hydroxylation is 2. The molecule has 7 nitrogen and oxygen atoms in total. The second kappa shape index (κ2) is 5.78. The van der Waals surface area contributed by atoms with Gasteiger partial charge in [-0.15, -0.1) is 0 Å². The Morgan fingerprint density at radius 3 is 2.71 bits per heavy atom. The molecular formula is C15H15ClN2O5S. The van der Waals surface area contributed by atoms with E-state index in [0.29, 0.717) is 23.4 Å². The van der Waals surface area contributed by atoms with Gasteiger partial charge in [0.25, 0.3) is 15.9 Å². The molecule has 0 saturated carbocycles. The van der Waals surface area contributed by atoms with Crippen LogP contribution in [0.25, 0.3) is 0 Å². The first-order valence-electron chi connectivity index (χ1n) is 7.18. The quantitative estimate of drug-likeness (QED) is 0.890. The van der Waals surface area contributed by atoms with Crippen LogP contribution in [0.1, 0.15) is 34.3 Å². The van der Waals surface area contributed by atoms with E-state index < -0.39 is 15.9 Å². The average molecular weight is 371 g/mol. The Balaban J connectivity index is 1.93. The number of nitrogens with zero attached hydrogens (tertiary/aromatic N) is 1. The SMILES string of the molecule is Cc1noc(C)c1C(=O)NS(=O)(=O)c1cc(Cl)c2c(c1)C[C@H](C)O2.